The Balaban J connectivity index is 1.97. The molecular formula is C17H16N2O2. The highest BCUT2D eigenvalue weighted by Gasteiger charge is 2.06. The summed E-state index contributed by atoms with van der Waals surface area (Å²) in [4.78, 5) is 12.1. The van der Waals surface area contributed by atoms with E-state index >= 15 is 0 Å². The van der Waals surface area contributed by atoms with Crippen molar-refractivity contribution < 1.29 is 9.53 Å². The van der Waals surface area contributed by atoms with Crippen LogP contribution in [0, 0.1) is 11.3 Å². The molecule has 0 aliphatic carbocycles. The molecule has 21 heavy (non-hydrogen) atoms. The number of rotatable bonds is 5. The second kappa shape index (κ2) is 7.22. The Labute approximate surface area is 124 Å². The van der Waals surface area contributed by atoms with Gasteiger partial charge in [-0.2, -0.15) is 5.26 Å². The third-order valence-electron chi connectivity index (χ3n) is 3.04. The maximum absolute atomic E-state index is 12.1. The molecule has 0 saturated heterocycles. The summed E-state index contributed by atoms with van der Waals surface area (Å²) in [6.07, 6.45) is 0. The Morgan fingerprint density at radius 1 is 1.19 bits per heavy atom. The lowest BCUT2D eigenvalue weighted by Crippen LogP contribution is -2.22. The maximum Gasteiger partial charge on any atom is 0.251 e. The molecule has 0 atom stereocenters. The van der Waals surface area contributed by atoms with Crippen molar-refractivity contribution in [2.75, 3.05) is 7.11 Å². The smallest absolute Gasteiger partial charge is 0.251 e. The molecule has 0 spiro atoms. The fourth-order valence-corrected chi connectivity index (χ4v) is 1.95. The van der Waals surface area contributed by atoms with Gasteiger partial charge in [0.15, 0.2) is 0 Å². The van der Waals surface area contributed by atoms with E-state index in [1.54, 1.807) is 25.3 Å². The molecule has 0 aliphatic rings. The van der Waals surface area contributed by atoms with E-state index in [4.69, 9.17) is 10.00 Å². The van der Waals surface area contributed by atoms with Crippen molar-refractivity contribution in [2.24, 2.45) is 0 Å². The van der Waals surface area contributed by atoms with Crippen LogP contribution < -0.4 is 5.32 Å². The zero-order valence-electron chi connectivity index (χ0n) is 11.8. The Kier molecular flexibility index (Phi) is 5.08. The minimum Gasteiger partial charge on any atom is -0.380 e. The number of carbonyl (C=O) groups is 1. The van der Waals surface area contributed by atoms with E-state index in [0.717, 1.165) is 11.1 Å². The molecule has 0 heterocycles. The van der Waals surface area contributed by atoms with Gasteiger partial charge >= 0.3 is 0 Å². The van der Waals surface area contributed by atoms with Crippen LogP contribution in [0.2, 0.25) is 0 Å². The van der Waals surface area contributed by atoms with Gasteiger partial charge in [0, 0.05) is 19.2 Å². The van der Waals surface area contributed by atoms with E-state index < -0.39 is 0 Å². The van der Waals surface area contributed by atoms with Gasteiger partial charge in [0.25, 0.3) is 5.91 Å². The van der Waals surface area contributed by atoms with Crippen LogP contribution in [0.1, 0.15) is 27.0 Å². The normalized spacial score (nSPS) is 9.90. The Hall–Kier alpha value is -2.64. The molecule has 106 valence electrons. The summed E-state index contributed by atoms with van der Waals surface area (Å²) in [6, 6.07) is 16.5. The summed E-state index contributed by atoms with van der Waals surface area (Å²) in [7, 11) is 1.62. The minimum atomic E-state index is -0.127. The highest BCUT2D eigenvalue weighted by atomic mass is 16.5. The summed E-state index contributed by atoms with van der Waals surface area (Å²) in [5.74, 6) is -0.127. The minimum absolute atomic E-state index is 0.127. The maximum atomic E-state index is 12.1. The molecule has 4 nitrogen and oxygen atoms in total. The Morgan fingerprint density at radius 2 is 1.95 bits per heavy atom. The molecule has 1 amide bonds. The monoisotopic (exact) mass is 280 g/mol. The first kappa shape index (κ1) is 14.8. The van der Waals surface area contributed by atoms with Gasteiger partial charge < -0.3 is 10.1 Å². The lowest BCUT2D eigenvalue weighted by Gasteiger charge is -2.07. The predicted molar refractivity (Wildman–Crippen MR) is 79.5 cm³/mol. The zero-order valence-corrected chi connectivity index (χ0v) is 11.8. The standard InChI is InChI=1S/C17H16N2O2/c1-21-12-15-3-2-4-16(9-15)17(20)19-11-14-7-5-13(10-18)6-8-14/h2-9H,11-12H2,1H3,(H,19,20). The van der Waals surface area contributed by atoms with Gasteiger partial charge in [-0.1, -0.05) is 24.3 Å². The first-order valence-electron chi connectivity index (χ1n) is 6.58. The average molecular weight is 280 g/mol. The van der Waals surface area contributed by atoms with Crippen molar-refractivity contribution in [1.29, 1.82) is 5.26 Å². The van der Waals surface area contributed by atoms with E-state index in [1.165, 1.54) is 0 Å². The third-order valence-corrected chi connectivity index (χ3v) is 3.04. The molecule has 2 aromatic rings. The van der Waals surface area contributed by atoms with Crippen LogP contribution in [0.3, 0.4) is 0 Å². The van der Waals surface area contributed by atoms with E-state index in [-0.39, 0.29) is 5.91 Å². The molecule has 0 saturated carbocycles. The largest absolute Gasteiger partial charge is 0.380 e. The number of methoxy groups -OCH3 is 1. The molecule has 0 radical (unpaired) electrons. The molecule has 2 rings (SSSR count). The summed E-state index contributed by atoms with van der Waals surface area (Å²) in [6.45, 7) is 0.912. The number of benzene rings is 2. The van der Waals surface area contributed by atoms with Crippen molar-refractivity contribution in [3.63, 3.8) is 0 Å². The molecule has 0 bridgehead atoms. The Bertz CT molecular complexity index is 657. The first-order valence-corrected chi connectivity index (χ1v) is 6.58. The number of nitrogens with zero attached hydrogens (tertiary/aromatic N) is 1. The molecule has 1 N–H and O–H groups in total. The lowest BCUT2D eigenvalue weighted by molar-refractivity contribution is 0.0950. The molecule has 0 unspecified atom stereocenters. The van der Waals surface area contributed by atoms with Crippen molar-refractivity contribution in [3.05, 3.63) is 70.8 Å². The van der Waals surface area contributed by atoms with Crippen LogP contribution in [0.5, 0.6) is 0 Å². The van der Waals surface area contributed by atoms with Crippen molar-refractivity contribution >= 4 is 5.91 Å². The van der Waals surface area contributed by atoms with Gasteiger partial charge in [-0.05, 0) is 35.4 Å². The summed E-state index contributed by atoms with van der Waals surface area (Å²) in [5, 5.41) is 11.6. The fraction of sp³-hybridized carbons (Fsp3) is 0.176. The second-order valence-electron chi connectivity index (χ2n) is 4.62. The van der Waals surface area contributed by atoms with E-state index in [1.807, 2.05) is 30.3 Å². The number of hydrogen-bond acceptors (Lipinski definition) is 3. The van der Waals surface area contributed by atoms with Crippen LogP contribution >= 0.6 is 0 Å². The SMILES string of the molecule is COCc1cccc(C(=O)NCc2ccc(C#N)cc2)c1. The second-order valence-corrected chi connectivity index (χ2v) is 4.62. The summed E-state index contributed by atoms with van der Waals surface area (Å²) >= 11 is 0. The predicted octanol–water partition coefficient (Wildman–Crippen LogP) is 2.63. The number of hydrogen-bond donors (Lipinski definition) is 1. The topological polar surface area (TPSA) is 62.1 Å². The Morgan fingerprint density at radius 3 is 2.62 bits per heavy atom. The zero-order chi connectivity index (χ0) is 15.1. The van der Waals surface area contributed by atoms with Crippen molar-refractivity contribution in [2.45, 2.75) is 13.2 Å². The number of carbonyl (C=O) groups excluding carboxylic acids is 1. The number of amides is 1. The first-order chi connectivity index (χ1) is 10.2. The van der Waals surface area contributed by atoms with Gasteiger partial charge in [-0.15, -0.1) is 0 Å². The molecule has 0 fully saturated rings. The van der Waals surface area contributed by atoms with Gasteiger partial charge in [0.05, 0.1) is 18.2 Å². The molecule has 4 heteroatoms. The van der Waals surface area contributed by atoms with E-state index in [0.29, 0.717) is 24.3 Å². The van der Waals surface area contributed by atoms with Crippen LogP contribution in [-0.4, -0.2) is 13.0 Å². The summed E-state index contributed by atoms with van der Waals surface area (Å²) < 4.78 is 5.06. The molecule has 2 aromatic carbocycles. The van der Waals surface area contributed by atoms with Crippen molar-refractivity contribution in [1.82, 2.24) is 5.32 Å². The fourth-order valence-electron chi connectivity index (χ4n) is 1.95. The van der Waals surface area contributed by atoms with Crippen molar-refractivity contribution in [3.8, 4) is 6.07 Å². The number of ether oxygens (including phenoxy) is 1. The third kappa shape index (κ3) is 4.16. The van der Waals surface area contributed by atoms with E-state index in [9.17, 15) is 4.79 Å². The number of nitriles is 1. The van der Waals surface area contributed by atoms with Gasteiger partial charge in [0.1, 0.15) is 0 Å². The van der Waals surface area contributed by atoms with E-state index in [2.05, 4.69) is 11.4 Å². The van der Waals surface area contributed by atoms with Gasteiger partial charge in [-0.3, -0.25) is 4.79 Å². The average Bonchev–Trinajstić information content (AvgIpc) is 2.53. The van der Waals surface area contributed by atoms with Gasteiger partial charge in [-0.25, -0.2) is 0 Å². The van der Waals surface area contributed by atoms with Crippen LogP contribution in [-0.2, 0) is 17.9 Å². The molecule has 0 aromatic heterocycles. The van der Waals surface area contributed by atoms with Crippen LogP contribution in [0.4, 0.5) is 0 Å². The van der Waals surface area contributed by atoms with Gasteiger partial charge in [0.2, 0.25) is 0 Å². The van der Waals surface area contributed by atoms with Crippen LogP contribution in [0.25, 0.3) is 0 Å². The van der Waals surface area contributed by atoms with Crippen LogP contribution in [0.15, 0.2) is 48.5 Å². The molecular weight excluding hydrogens is 264 g/mol. The summed E-state index contributed by atoms with van der Waals surface area (Å²) in [5.41, 5.74) is 3.13. The quantitative estimate of drug-likeness (QED) is 0.915. The lowest BCUT2D eigenvalue weighted by atomic mass is 10.1. The molecule has 0 aliphatic heterocycles. The highest BCUT2D eigenvalue weighted by molar-refractivity contribution is 5.94. The number of nitrogens with one attached hydrogen (secondary N) is 1. The highest BCUT2D eigenvalue weighted by Crippen LogP contribution is 2.07.